The molecule has 3 aromatic rings. The van der Waals surface area contributed by atoms with E-state index in [1.54, 1.807) is 0 Å². The van der Waals surface area contributed by atoms with Gasteiger partial charge in [-0.05, 0) is 29.2 Å². The Kier molecular flexibility index (Phi) is 6.65. The first-order valence-corrected chi connectivity index (χ1v) is 11.7. The molecule has 0 bridgehead atoms. The molecule has 166 valence electrons. The van der Waals surface area contributed by atoms with Crippen molar-refractivity contribution in [2.75, 3.05) is 11.9 Å². The molecule has 0 saturated heterocycles. The third-order valence-electron chi connectivity index (χ3n) is 5.38. The maximum atomic E-state index is 13.1. The van der Waals surface area contributed by atoms with Gasteiger partial charge in [0.1, 0.15) is 11.6 Å². The van der Waals surface area contributed by atoms with Gasteiger partial charge in [-0.25, -0.2) is 0 Å². The zero-order valence-electron chi connectivity index (χ0n) is 18.5. The number of benzene rings is 2. The summed E-state index contributed by atoms with van der Waals surface area (Å²) in [6.45, 7) is 4.84. The van der Waals surface area contributed by atoms with Crippen LogP contribution in [-0.2, 0) is 17.6 Å². The van der Waals surface area contributed by atoms with Gasteiger partial charge in [-0.3, -0.25) is 9.59 Å². The summed E-state index contributed by atoms with van der Waals surface area (Å²) < 4.78 is 7.58. The van der Waals surface area contributed by atoms with Crippen LogP contribution in [0.5, 0.6) is 5.75 Å². The highest BCUT2D eigenvalue weighted by molar-refractivity contribution is 7.98. The fraction of sp³-hybridized carbons (Fsp3) is 0.320. The lowest BCUT2D eigenvalue weighted by Gasteiger charge is -2.27. The Hall–Kier alpha value is -3.06. The van der Waals surface area contributed by atoms with E-state index in [1.807, 2.05) is 66.2 Å². The van der Waals surface area contributed by atoms with E-state index in [9.17, 15) is 9.59 Å². The van der Waals surface area contributed by atoms with Crippen LogP contribution in [0.2, 0.25) is 0 Å². The van der Waals surface area contributed by atoms with E-state index in [1.165, 1.54) is 11.8 Å². The Morgan fingerprint density at radius 3 is 2.53 bits per heavy atom. The lowest BCUT2D eigenvalue weighted by Crippen LogP contribution is -2.33. The number of nitrogens with one attached hydrogen (secondary N) is 1. The number of hydrogen-bond acceptors (Lipinski definition) is 5. The number of aromatic nitrogens is 2. The monoisotopic (exact) mass is 449 g/mol. The minimum absolute atomic E-state index is 0.108. The highest BCUT2D eigenvalue weighted by Crippen LogP contribution is 2.36. The molecule has 1 aromatic heterocycles. The molecular weight excluding hydrogens is 422 g/mol. The van der Waals surface area contributed by atoms with Crippen LogP contribution in [0.15, 0.2) is 64.5 Å². The van der Waals surface area contributed by atoms with Gasteiger partial charge in [0.15, 0.2) is 5.16 Å². The van der Waals surface area contributed by atoms with E-state index in [-0.39, 0.29) is 23.8 Å². The van der Waals surface area contributed by atoms with Crippen molar-refractivity contribution >= 4 is 23.5 Å². The molecule has 0 aliphatic carbocycles. The summed E-state index contributed by atoms with van der Waals surface area (Å²) in [6, 6.07) is 17.7. The maximum absolute atomic E-state index is 13.1. The number of anilines is 1. The lowest BCUT2D eigenvalue weighted by atomic mass is 9.87. The van der Waals surface area contributed by atoms with Gasteiger partial charge in [0.25, 0.3) is 5.56 Å². The number of ether oxygens (including phenoxy) is 1. The summed E-state index contributed by atoms with van der Waals surface area (Å²) in [4.78, 5) is 30.0. The third-order valence-corrected chi connectivity index (χ3v) is 6.48. The second-order valence-electron chi connectivity index (χ2n) is 8.37. The SMILES string of the molecule is CC(C)COc1ccc([C@H]2CC(=O)Nc3c2c(=O)nc(SCc2ccccc2)n3C)cc1. The Morgan fingerprint density at radius 2 is 1.84 bits per heavy atom. The number of fused-ring (bicyclic) bond motifs is 1. The molecule has 1 N–H and O–H groups in total. The summed E-state index contributed by atoms with van der Waals surface area (Å²) in [5, 5.41) is 3.48. The molecular formula is C25H27N3O3S. The van der Waals surface area contributed by atoms with E-state index in [0.717, 1.165) is 16.9 Å². The Balaban J connectivity index is 1.63. The largest absolute Gasteiger partial charge is 0.493 e. The van der Waals surface area contributed by atoms with Crippen LogP contribution < -0.4 is 15.6 Å². The summed E-state index contributed by atoms with van der Waals surface area (Å²) in [5.41, 5.74) is 2.29. The zero-order chi connectivity index (χ0) is 22.7. The number of amides is 1. The summed E-state index contributed by atoms with van der Waals surface area (Å²) in [6.07, 6.45) is 0.215. The van der Waals surface area contributed by atoms with Crippen molar-refractivity contribution in [3.05, 3.63) is 81.6 Å². The molecule has 0 radical (unpaired) electrons. The Morgan fingerprint density at radius 1 is 1.12 bits per heavy atom. The molecule has 0 fully saturated rings. The standard InChI is InChI=1S/C25H27N3O3S/c1-16(2)14-31-19-11-9-18(10-12-19)20-13-21(29)26-23-22(20)24(30)27-25(28(23)3)32-15-17-7-5-4-6-8-17/h4-12,16,20H,13-15H2,1-3H3,(H,26,29)/t20-/m1/s1. The number of nitrogens with zero attached hydrogens (tertiary/aromatic N) is 2. The van der Waals surface area contributed by atoms with Crippen LogP contribution in [0.25, 0.3) is 0 Å². The average molecular weight is 450 g/mol. The van der Waals surface area contributed by atoms with Gasteiger partial charge < -0.3 is 14.6 Å². The van der Waals surface area contributed by atoms with Crippen LogP contribution in [-0.4, -0.2) is 22.1 Å². The van der Waals surface area contributed by atoms with Gasteiger partial charge in [0.05, 0.1) is 12.2 Å². The summed E-state index contributed by atoms with van der Waals surface area (Å²) in [7, 11) is 1.84. The van der Waals surface area contributed by atoms with E-state index < -0.39 is 0 Å². The molecule has 2 aromatic carbocycles. The predicted molar refractivity (Wildman–Crippen MR) is 127 cm³/mol. The first-order chi connectivity index (χ1) is 15.4. The number of rotatable bonds is 7. The van der Waals surface area contributed by atoms with Gasteiger partial charge in [0.2, 0.25) is 5.91 Å². The second-order valence-corrected chi connectivity index (χ2v) is 9.32. The molecule has 1 atom stereocenters. The van der Waals surface area contributed by atoms with Gasteiger partial charge in [0, 0.05) is 25.1 Å². The molecule has 1 aliphatic rings. The van der Waals surface area contributed by atoms with Gasteiger partial charge in [-0.2, -0.15) is 4.98 Å². The minimum atomic E-state index is -0.336. The van der Waals surface area contributed by atoms with Crippen LogP contribution >= 0.6 is 11.8 Å². The molecule has 7 heteroatoms. The number of thioether (sulfide) groups is 1. The van der Waals surface area contributed by atoms with Crippen molar-refractivity contribution in [2.45, 2.75) is 37.1 Å². The molecule has 1 aliphatic heterocycles. The molecule has 4 rings (SSSR count). The first-order valence-electron chi connectivity index (χ1n) is 10.7. The molecule has 2 heterocycles. The van der Waals surface area contributed by atoms with Crippen molar-refractivity contribution in [3.63, 3.8) is 0 Å². The quantitative estimate of drug-likeness (QED) is 0.422. The van der Waals surface area contributed by atoms with Crippen LogP contribution in [0.4, 0.5) is 5.82 Å². The molecule has 1 amide bonds. The highest BCUT2D eigenvalue weighted by Gasteiger charge is 2.32. The minimum Gasteiger partial charge on any atom is -0.493 e. The fourth-order valence-electron chi connectivity index (χ4n) is 3.73. The number of hydrogen-bond donors (Lipinski definition) is 1. The van der Waals surface area contributed by atoms with Crippen LogP contribution in [0, 0.1) is 5.92 Å². The Labute approximate surface area is 192 Å². The predicted octanol–water partition coefficient (Wildman–Crippen LogP) is 4.58. The number of carbonyl (C=O) groups excluding carboxylic acids is 1. The molecule has 0 unspecified atom stereocenters. The van der Waals surface area contributed by atoms with Crippen molar-refractivity contribution in [2.24, 2.45) is 13.0 Å². The second kappa shape index (κ2) is 9.61. The molecule has 6 nitrogen and oxygen atoms in total. The van der Waals surface area contributed by atoms with Crippen molar-refractivity contribution in [1.82, 2.24) is 9.55 Å². The zero-order valence-corrected chi connectivity index (χ0v) is 19.3. The van der Waals surface area contributed by atoms with E-state index in [2.05, 4.69) is 24.1 Å². The molecule has 32 heavy (non-hydrogen) atoms. The smallest absolute Gasteiger partial charge is 0.279 e. The van der Waals surface area contributed by atoms with Gasteiger partial charge in [-0.1, -0.05) is 68.1 Å². The van der Waals surface area contributed by atoms with Crippen molar-refractivity contribution < 1.29 is 9.53 Å². The Bertz CT molecular complexity index is 1160. The van der Waals surface area contributed by atoms with Crippen LogP contribution in [0.3, 0.4) is 0 Å². The third kappa shape index (κ3) is 4.88. The molecule has 0 spiro atoms. The van der Waals surface area contributed by atoms with Crippen LogP contribution in [0.1, 0.15) is 42.9 Å². The lowest BCUT2D eigenvalue weighted by molar-refractivity contribution is -0.116. The number of carbonyl (C=O) groups is 1. The first kappa shape index (κ1) is 22.1. The highest BCUT2D eigenvalue weighted by atomic mass is 32.2. The fourth-order valence-corrected chi connectivity index (χ4v) is 4.65. The van der Waals surface area contributed by atoms with E-state index >= 15 is 0 Å². The normalized spacial score (nSPS) is 15.4. The van der Waals surface area contributed by atoms with E-state index in [0.29, 0.717) is 34.8 Å². The van der Waals surface area contributed by atoms with Crippen molar-refractivity contribution in [1.29, 1.82) is 0 Å². The van der Waals surface area contributed by atoms with E-state index in [4.69, 9.17) is 4.74 Å². The summed E-state index contributed by atoms with van der Waals surface area (Å²) >= 11 is 1.48. The summed E-state index contributed by atoms with van der Waals surface area (Å²) in [5.74, 6) is 1.99. The molecule has 0 saturated carbocycles. The topological polar surface area (TPSA) is 73.2 Å². The maximum Gasteiger partial charge on any atom is 0.279 e. The van der Waals surface area contributed by atoms with Gasteiger partial charge >= 0.3 is 0 Å². The van der Waals surface area contributed by atoms with Crippen molar-refractivity contribution in [3.8, 4) is 5.75 Å². The average Bonchev–Trinajstić information content (AvgIpc) is 2.79. The van der Waals surface area contributed by atoms with Gasteiger partial charge in [-0.15, -0.1) is 0 Å².